The molecule has 1 saturated carbocycles. The number of aromatic nitrogens is 2. The molecule has 4 heteroatoms. The van der Waals surface area contributed by atoms with Crippen LogP contribution in [0.2, 0.25) is 0 Å². The summed E-state index contributed by atoms with van der Waals surface area (Å²) in [7, 11) is 0. The molecule has 4 nitrogen and oxygen atoms in total. The molecule has 16 heavy (non-hydrogen) atoms. The molecule has 0 saturated heterocycles. The van der Waals surface area contributed by atoms with Gasteiger partial charge in [-0.05, 0) is 25.2 Å². The van der Waals surface area contributed by atoms with Crippen LogP contribution >= 0.6 is 0 Å². The second-order valence-electron chi connectivity index (χ2n) is 4.77. The average Bonchev–Trinajstić information content (AvgIpc) is 2.78. The van der Waals surface area contributed by atoms with Crippen LogP contribution in [0.25, 0.3) is 0 Å². The van der Waals surface area contributed by atoms with Crippen molar-refractivity contribution in [1.82, 2.24) is 10.1 Å². The Hall–Kier alpha value is -0.900. The highest BCUT2D eigenvalue weighted by Crippen LogP contribution is 2.26. The van der Waals surface area contributed by atoms with Crippen molar-refractivity contribution in [2.75, 3.05) is 0 Å². The topological polar surface area (TPSA) is 64.9 Å². The molecule has 1 aromatic rings. The first-order chi connectivity index (χ1) is 7.79. The van der Waals surface area contributed by atoms with Gasteiger partial charge >= 0.3 is 0 Å². The molecule has 0 amide bonds. The minimum absolute atomic E-state index is 0.0798. The van der Waals surface area contributed by atoms with E-state index in [1.807, 2.05) is 6.92 Å². The Bertz CT molecular complexity index is 318. The molecule has 1 fully saturated rings. The molecule has 0 radical (unpaired) electrons. The van der Waals surface area contributed by atoms with Gasteiger partial charge in [0.1, 0.15) is 0 Å². The van der Waals surface area contributed by atoms with Gasteiger partial charge in [0, 0.05) is 6.42 Å². The van der Waals surface area contributed by atoms with E-state index in [2.05, 4.69) is 10.1 Å². The molecule has 0 aliphatic heterocycles. The summed E-state index contributed by atoms with van der Waals surface area (Å²) in [5, 5.41) is 3.94. The quantitative estimate of drug-likeness (QED) is 0.852. The number of nitrogens with two attached hydrogens (primary N) is 1. The molecule has 0 aromatic carbocycles. The van der Waals surface area contributed by atoms with E-state index in [9.17, 15) is 0 Å². The van der Waals surface area contributed by atoms with Crippen molar-refractivity contribution in [3.05, 3.63) is 11.7 Å². The van der Waals surface area contributed by atoms with Crippen molar-refractivity contribution in [3.8, 4) is 0 Å². The summed E-state index contributed by atoms with van der Waals surface area (Å²) in [5.74, 6) is 2.17. The van der Waals surface area contributed by atoms with E-state index in [1.165, 1.54) is 32.1 Å². The summed E-state index contributed by atoms with van der Waals surface area (Å²) in [5.41, 5.74) is 5.86. The molecule has 1 heterocycles. The van der Waals surface area contributed by atoms with E-state index in [4.69, 9.17) is 10.3 Å². The van der Waals surface area contributed by atoms with Crippen molar-refractivity contribution in [2.24, 2.45) is 11.7 Å². The Kier molecular flexibility index (Phi) is 3.93. The van der Waals surface area contributed by atoms with E-state index in [0.717, 1.165) is 24.7 Å². The minimum atomic E-state index is -0.0798. The van der Waals surface area contributed by atoms with Gasteiger partial charge in [-0.25, -0.2) is 0 Å². The van der Waals surface area contributed by atoms with Crippen molar-refractivity contribution < 1.29 is 4.52 Å². The van der Waals surface area contributed by atoms with Gasteiger partial charge in [0.05, 0.1) is 6.04 Å². The van der Waals surface area contributed by atoms with Gasteiger partial charge in [-0.15, -0.1) is 0 Å². The van der Waals surface area contributed by atoms with E-state index in [1.54, 1.807) is 0 Å². The molecular formula is C12H21N3O. The summed E-state index contributed by atoms with van der Waals surface area (Å²) < 4.78 is 5.25. The van der Waals surface area contributed by atoms with Gasteiger partial charge < -0.3 is 10.3 Å². The monoisotopic (exact) mass is 223 g/mol. The predicted octanol–water partition coefficient (Wildman–Crippen LogP) is 2.60. The first kappa shape index (κ1) is 11.6. The molecule has 1 aromatic heterocycles. The Morgan fingerprint density at radius 2 is 2.12 bits per heavy atom. The van der Waals surface area contributed by atoms with Crippen molar-refractivity contribution in [2.45, 2.75) is 57.9 Å². The Balaban J connectivity index is 1.91. The predicted molar refractivity (Wildman–Crippen MR) is 61.8 cm³/mol. The van der Waals surface area contributed by atoms with Crippen LogP contribution < -0.4 is 5.73 Å². The lowest BCUT2D eigenvalue weighted by Gasteiger charge is -2.19. The maximum atomic E-state index is 5.86. The summed E-state index contributed by atoms with van der Waals surface area (Å²) >= 11 is 0. The third-order valence-corrected chi connectivity index (χ3v) is 3.44. The zero-order chi connectivity index (χ0) is 11.4. The van der Waals surface area contributed by atoms with Gasteiger partial charge in [0.25, 0.3) is 0 Å². The van der Waals surface area contributed by atoms with E-state index >= 15 is 0 Å². The van der Waals surface area contributed by atoms with Crippen LogP contribution in [-0.4, -0.2) is 10.1 Å². The molecule has 90 valence electrons. The summed E-state index contributed by atoms with van der Waals surface area (Å²) in [6, 6.07) is -0.0798. The Morgan fingerprint density at radius 1 is 1.38 bits per heavy atom. The lowest BCUT2D eigenvalue weighted by atomic mass is 9.87. The number of hydrogen-bond acceptors (Lipinski definition) is 4. The summed E-state index contributed by atoms with van der Waals surface area (Å²) in [4.78, 5) is 4.37. The maximum Gasteiger partial charge on any atom is 0.226 e. The van der Waals surface area contributed by atoms with Crippen LogP contribution in [-0.2, 0) is 6.42 Å². The normalized spacial score (nSPS) is 19.9. The fourth-order valence-corrected chi connectivity index (χ4v) is 2.32. The van der Waals surface area contributed by atoms with Crippen LogP contribution in [0.4, 0.5) is 0 Å². The molecule has 0 spiro atoms. The van der Waals surface area contributed by atoms with Gasteiger partial charge in [0.2, 0.25) is 5.89 Å². The second-order valence-corrected chi connectivity index (χ2v) is 4.77. The van der Waals surface area contributed by atoms with Crippen molar-refractivity contribution in [1.29, 1.82) is 0 Å². The zero-order valence-electron chi connectivity index (χ0n) is 9.98. The largest absolute Gasteiger partial charge is 0.339 e. The molecule has 2 rings (SSSR count). The summed E-state index contributed by atoms with van der Waals surface area (Å²) in [6.45, 7) is 2.03. The summed E-state index contributed by atoms with van der Waals surface area (Å²) in [6.07, 6.45) is 8.47. The fraction of sp³-hybridized carbons (Fsp3) is 0.833. The van der Waals surface area contributed by atoms with Crippen LogP contribution in [0.15, 0.2) is 4.52 Å². The lowest BCUT2D eigenvalue weighted by Crippen LogP contribution is -2.11. The highest BCUT2D eigenvalue weighted by Gasteiger charge is 2.18. The van der Waals surface area contributed by atoms with Gasteiger partial charge in [-0.3, -0.25) is 0 Å². The fourth-order valence-electron chi connectivity index (χ4n) is 2.32. The Morgan fingerprint density at radius 3 is 2.81 bits per heavy atom. The smallest absolute Gasteiger partial charge is 0.226 e. The standard InChI is InChI=1S/C12H21N3O/c1-2-10(13)12-14-11(16-15-12)8-9-6-4-3-5-7-9/h9-10H,2-8,13H2,1H3. The highest BCUT2D eigenvalue weighted by atomic mass is 16.5. The molecule has 1 aliphatic rings. The number of rotatable bonds is 4. The second kappa shape index (κ2) is 5.43. The van der Waals surface area contributed by atoms with Crippen LogP contribution in [0.3, 0.4) is 0 Å². The third-order valence-electron chi connectivity index (χ3n) is 3.44. The lowest BCUT2D eigenvalue weighted by molar-refractivity contribution is 0.303. The van der Waals surface area contributed by atoms with E-state index in [-0.39, 0.29) is 6.04 Å². The van der Waals surface area contributed by atoms with Crippen LogP contribution in [0.5, 0.6) is 0 Å². The average molecular weight is 223 g/mol. The SMILES string of the molecule is CCC(N)c1noc(CC2CCCCC2)n1. The first-order valence-electron chi connectivity index (χ1n) is 6.37. The molecule has 1 aliphatic carbocycles. The maximum absolute atomic E-state index is 5.86. The van der Waals surface area contributed by atoms with Gasteiger partial charge in [-0.2, -0.15) is 4.98 Å². The van der Waals surface area contributed by atoms with Crippen LogP contribution in [0, 0.1) is 5.92 Å². The molecule has 0 bridgehead atoms. The number of hydrogen-bond donors (Lipinski definition) is 1. The molecule has 1 unspecified atom stereocenters. The van der Waals surface area contributed by atoms with Gasteiger partial charge in [-0.1, -0.05) is 31.3 Å². The highest BCUT2D eigenvalue weighted by molar-refractivity contribution is 4.93. The number of nitrogens with zero attached hydrogens (tertiary/aromatic N) is 2. The van der Waals surface area contributed by atoms with Crippen molar-refractivity contribution >= 4 is 0 Å². The van der Waals surface area contributed by atoms with Gasteiger partial charge in [0.15, 0.2) is 5.82 Å². The molecular weight excluding hydrogens is 202 g/mol. The minimum Gasteiger partial charge on any atom is -0.339 e. The molecule has 1 atom stereocenters. The third kappa shape index (κ3) is 2.82. The zero-order valence-corrected chi connectivity index (χ0v) is 9.98. The molecule has 2 N–H and O–H groups in total. The van der Waals surface area contributed by atoms with Crippen molar-refractivity contribution in [3.63, 3.8) is 0 Å². The first-order valence-corrected chi connectivity index (χ1v) is 6.37. The van der Waals surface area contributed by atoms with Crippen LogP contribution in [0.1, 0.15) is 63.2 Å². The Labute approximate surface area is 96.6 Å². The van der Waals surface area contributed by atoms with E-state index < -0.39 is 0 Å². The van der Waals surface area contributed by atoms with E-state index in [0.29, 0.717) is 5.82 Å².